The first kappa shape index (κ1) is 7.79. The molecule has 0 aromatic carbocycles. The monoisotopic (exact) mass is 173 g/mol. The summed E-state index contributed by atoms with van der Waals surface area (Å²) in [4.78, 5) is 1.15. The number of nitrogens with two attached hydrogens (primary N) is 1. The van der Waals surface area contributed by atoms with Crippen LogP contribution in [-0.2, 0) is 0 Å². The van der Waals surface area contributed by atoms with E-state index >= 15 is 0 Å². The van der Waals surface area contributed by atoms with E-state index in [-0.39, 0.29) is 0 Å². The lowest BCUT2D eigenvalue weighted by atomic mass is 10.2. The smallest absolute Gasteiger partial charge is 0.0323 e. The third kappa shape index (κ3) is 1.59. The molecule has 1 heterocycles. The minimum absolute atomic E-state index is 0.504. The van der Waals surface area contributed by atoms with E-state index < -0.39 is 0 Å². The normalized spacial score (nSPS) is 12.0. The zero-order chi connectivity index (χ0) is 7.40. The fourth-order valence-corrected chi connectivity index (χ4v) is 1.69. The van der Waals surface area contributed by atoms with E-state index in [1.54, 1.807) is 11.3 Å². The molecule has 0 radical (unpaired) electrons. The highest BCUT2D eigenvalue weighted by Crippen LogP contribution is 2.19. The molecule has 2 N–H and O–H groups in total. The first-order valence-electron chi connectivity index (χ1n) is 2.91. The van der Waals surface area contributed by atoms with Gasteiger partial charge in [0.05, 0.1) is 0 Å². The molecule has 0 bridgehead atoms. The van der Waals surface area contributed by atoms with Gasteiger partial charge in [-0.3, -0.25) is 0 Å². The first-order valence-corrected chi connectivity index (χ1v) is 4.23. The molecule has 0 amide bonds. The molecule has 0 atom stereocenters. The van der Waals surface area contributed by atoms with Gasteiger partial charge in [0.1, 0.15) is 0 Å². The van der Waals surface area contributed by atoms with Gasteiger partial charge in [-0.2, -0.15) is 0 Å². The number of rotatable bonds is 2. The van der Waals surface area contributed by atoms with Gasteiger partial charge in [0, 0.05) is 17.0 Å². The molecule has 0 saturated heterocycles. The maximum Gasteiger partial charge on any atom is 0.0323 e. The number of thiophene rings is 1. The summed E-state index contributed by atoms with van der Waals surface area (Å²) in [6, 6.07) is 3.99. The van der Waals surface area contributed by atoms with Gasteiger partial charge in [-0.1, -0.05) is 17.7 Å². The molecule has 0 spiro atoms. The lowest BCUT2D eigenvalue weighted by Crippen LogP contribution is -1.99. The van der Waals surface area contributed by atoms with Gasteiger partial charge in [0.2, 0.25) is 0 Å². The second-order valence-electron chi connectivity index (χ2n) is 1.82. The SMILES string of the molecule is NC/C(=C/Cl)c1cccs1. The number of hydrogen-bond acceptors (Lipinski definition) is 2. The Bertz CT molecular complexity index is 216. The molecule has 0 aliphatic heterocycles. The molecular weight excluding hydrogens is 166 g/mol. The molecule has 10 heavy (non-hydrogen) atoms. The van der Waals surface area contributed by atoms with Crippen molar-refractivity contribution in [1.82, 2.24) is 0 Å². The number of hydrogen-bond donors (Lipinski definition) is 1. The Morgan fingerprint density at radius 3 is 3.00 bits per heavy atom. The van der Waals surface area contributed by atoms with Gasteiger partial charge in [-0.05, 0) is 17.0 Å². The maximum atomic E-state index is 5.52. The van der Waals surface area contributed by atoms with Crippen LogP contribution in [0, 0.1) is 0 Å². The fraction of sp³-hybridized carbons (Fsp3) is 0.143. The van der Waals surface area contributed by atoms with Crippen LogP contribution in [0.1, 0.15) is 4.88 Å². The minimum atomic E-state index is 0.504. The second kappa shape index (κ2) is 3.76. The summed E-state index contributed by atoms with van der Waals surface area (Å²) in [5.74, 6) is 0. The predicted molar refractivity (Wildman–Crippen MR) is 47.2 cm³/mol. The highest BCUT2D eigenvalue weighted by molar-refractivity contribution is 7.11. The third-order valence-electron chi connectivity index (χ3n) is 1.19. The lowest BCUT2D eigenvalue weighted by Gasteiger charge is -1.95. The van der Waals surface area contributed by atoms with Crippen molar-refractivity contribution in [1.29, 1.82) is 0 Å². The van der Waals surface area contributed by atoms with Crippen LogP contribution in [0.2, 0.25) is 0 Å². The largest absolute Gasteiger partial charge is 0.326 e. The predicted octanol–water partition coefficient (Wildman–Crippen LogP) is 2.29. The van der Waals surface area contributed by atoms with Crippen molar-refractivity contribution in [2.24, 2.45) is 5.73 Å². The van der Waals surface area contributed by atoms with Crippen LogP contribution in [0.3, 0.4) is 0 Å². The molecule has 0 aliphatic rings. The molecule has 1 aromatic heterocycles. The highest BCUT2D eigenvalue weighted by Gasteiger charge is 1.97. The van der Waals surface area contributed by atoms with Gasteiger partial charge in [0.25, 0.3) is 0 Å². The molecule has 0 saturated carbocycles. The van der Waals surface area contributed by atoms with Crippen LogP contribution < -0.4 is 5.73 Å². The Labute approximate surface area is 69.1 Å². The Hall–Kier alpha value is -0.310. The molecular formula is C7H8ClNS. The van der Waals surface area contributed by atoms with Crippen molar-refractivity contribution in [3.05, 3.63) is 27.9 Å². The highest BCUT2D eigenvalue weighted by atomic mass is 35.5. The van der Waals surface area contributed by atoms with Crippen LogP contribution in [0.5, 0.6) is 0 Å². The standard InChI is InChI=1S/C7H8ClNS/c8-4-6(5-9)7-2-1-3-10-7/h1-4H,5,9H2/b6-4-. The average Bonchev–Trinajstić information content (AvgIpc) is 2.43. The quantitative estimate of drug-likeness (QED) is 0.730. The van der Waals surface area contributed by atoms with Crippen molar-refractivity contribution in [3.63, 3.8) is 0 Å². The summed E-state index contributed by atoms with van der Waals surface area (Å²) < 4.78 is 0. The summed E-state index contributed by atoms with van der Waals surface area (Å²) in [6.45, 7) is 0.504. The second-order valence-corrected chi connectivity index (χ2v) is 2.98. The molecule has 1 rings (SSSR count). The lowest BCUT2D eigenvalue weighted by molar-refractivity contribution is 1.28. The molecule has 1 nitrogen and oxygen atoms in total. The Morgan fingerprint density at radius 2 is 2.60 bits per heavy atom. The Morgan fingerprint density at radius 1 is 1.80 bits per heavy atom. The fourth-order valence-electron chi connectivity index (χ4n) is 0.660. The summed E-state index contributed by atoms with van der Waals surface area (Å²) >= 11 is 7.17. The zero-order valence-corrected chi connectivity index (χ0v) is 6.95. The summed E-state index contributed by atoms with van der Waals surface area (Å²) in [5, 5.41) is 2.01. The van der Waals surface area contributed by atoms with E-state index in [2.05, 4.69) is 0 Å². The van der Waals surface area contributed by atoms with Crippen molar-refractivity contribution in [3.8, 4) is 0 Å². The summed E-state index contributed by atoms with van der Waals surface area (Å²) in [6.07, 6.45) is 0. The Balaban J connectivity index is 2.85. The molecule has 54 valence electrons. The average molecular weight is 174 g/mol. The van der Waals surface area contributed by atoms with Crippen LogP contribution in [-0.4, -0.2) is 6.54 Å². The first-order chi connectivity index (χ1) is 4.88. The van der Waals surface area contributed by atoms with Gasteiger partial charge in [-0.25, -0.2) is 0 Å². The molecule has 1 aromatic rings. The Kier molecular flexibility index (Phi) is 2.93. The summed E-state index contributed by atoms with van der Waals surface area (Å²) in [5.41, 5.74) is 7.96. The van der Waals surface area contributed by atoms with Crippen LogP contribution >= 0.6 is 22.9 Å². The topological polar surface area (TPSA) is 26.0 Å². The third-order valence-corrected chi connectivity index (χ3v) is 2.40. The number of halogens is 1. The van der Waals surface area contributed by atoms with Crippen LogP contribution in [0.15, 0.2) is 23.0 Å². The van der Waals surface area contributed by atoms with E-state index in [0.29, 0.717) is 6.54 Å². The zero-order valence-electron chi connectivity index (χ0n) is 5.38. The molecule has 0 unspecified atom stereocenters. The van der Waals surface area contributed by atoms with E-state index in [9.17, 15) is 0 Å². The van der Waals surface area contributed by atoms with E-state index in [1.165, 1.54) is 5.54 Å². The van der Waals surface area contributed by atoms with Gasteiger partial charge < -0.3 is 5.73 Å². The minimum Gasteiger partial charge on any atom is -0.326 e. The molecule has 0 fully saturated rings. The van der Waals surface area contributed by atoms with E-state index in [0.717, 1.165) is 10.5 Å². The maximum absolute atomic E-state index is 5.52. The van der Waals surface area contributed by atoms with E-state index in [1.807, 2.05) is 17.5 Å². The molecule has 3 heteroatoms. The van der Waals surface area contributed by atoms with Gasteiger partial charge >= 0.3 is 0 Å². The van der Waals surface area contributed by atoms with Crippen molar-refractivity contribution in [2.75, 3.05) is 6.54 Å². The van der Waals surface area contributed by atoms with Gasteiger partial charge in [-0.15, -0.1) is 11.3 Å². The van der Waals surface area contributed by atoms with Crippen molar-refractivity contribution in [2.45, 2.75) is 0 Å². The summed E-state index contributed by atoms with van der Waals surface area (Å²) in [7, 11) is 0. The van der Waals surface area contributed by atoms with Crippen LogP contribution in [0.4, 0.5) is 0 Å². The van der Waals surface area contributed by atoms with Crippen LogP contribution in [0.25, 0.3) is 5.57 Å². The van der Waals surface area contributed by atoms with Crippen molar-refractivity contribution >= 4 is 28.5 Å². The van der Waals surface area contributed by atoms with Crippen molar-refractivity contribution < 1.29 is 0 Å². The van der Waals surface area contributed by atoms with E-state index in [4.69, 9.17) is 17.3 Å². The van der Waals surface area contributed by atoms with Gasteiger partial charge in [0.15, 0.2) is 0 Å². The molecule has 0 aliphatic carbocycles.